The third kappa shape index (κ3) is 3.57. The highest BCUT2D eigenvalue weighted by Gasteiger charge is 2.22. The molecule has 0 spiro atoms. The molecule has 0 bridgehead atoms. The monoisotopic (exact) mass is 278 g/mol. The lowest BCUT2D eigenvalue weighted by molar-refractivity contribution is 0.101. The summed E-state index contributed by atoms with van der Waals surface area (Å²) in [5.41, 5.74) is 1.37. The summed E-state index contributed by atoms with van der Waals surface area (Å²) in [7, 11) is 4.19. The lowest BCUT2D eigenvalue weighted by Gasteiger charge is -2.35. The summed E-state index contributed by atoms with van der Waals surface area (Å²) < 4.78 is 13.3. The van der Waals surface area contributed by atoms with Gasteiger partial charge in [0.2, 0.25) is 0 Å². The number of nitrogens with zero attached hydrogens (tertiary/aromatic N) is 2. The van der Waals surface area contributed by atoms with E-state index in [0.717, 1.165) is 38.2 Å². The molecule has 1 aromatic carbocycles. The second-order valence-electron chi connectivity index (χ2n) is 5.91. The lowest BCUT2D eigenvalue weighted by Crippen LogP contribution is -2.37. The summed E-state index contributed by atoms with van der Waals surface area (Å²) in [6.07, 6.45) is 2.24. The number of hydrogen-bond donors (Lipinski definition) is 0. The highest BCUT2D eigenvalue weighted by molar-refractivity contribution is 5.99. The molecular weight excluding hydrogens is 255 g/mol. The Morgan fingerprint density at radius 3 is 2.55 bits per heavy atom. The van der Waals surface area contributed by atoms with Gasteiger partial charge in [-0.15, -0.1) is 0 Å². The maximum atomic E-state index is 13.3. The molecular formula is C16H23FN2O. The molecule has 0 radical (unpaired) electrons. The Labute approximate surface area is 120 Å². The van der Waals surface area contributed by atoms with Gasteiger partial charge in [0.15, 0.2) is 5.78 Å². The molecule has 4 heteroatoms. The largest absolute Gasteiger partial charge is 0.371 e. The van der Waals surface area contributed by atoms with Gasteiger partial charge in [-0.3, -0.25) is 4.79 Å². The van der Waals surface area contributed by atoms with E-state index >= 15 is 0 Å². The average Bonchev–Trinajstić information content (AvgIpc) is 2.39. The SMILES string of the molecule is CC(=O)c1cc(F)ccc1N1CCC(CN(C)C)CC1. The zero-order valence-corrected chi connectivity index (χ0v) is 12.5. The van der Waals surface area contributed by atoms with Crippen LogP contribution < -0.4 is 4.90 Å². The first-order valence-corrected chi connectivity index (χ1v) is 7.17. The summed E-state index contributed by atoms with van der Waals surface area (Å²) in [5, 5.41) is 0. The van der Waals surface area contributed by atoms with Crippen molar-refractivity contribution in [1.82, 2.24) is 4.90 Å². The molecule has 110 valence electrons. The second-order valence-corrected chi connectivity index (χ2v) is 5.91. The van der Waals surface area contributed by atoms with Crippen LogP contribution in [-0.2, 0) is 0 Å². The van der Waals surface area contributed by atoms with Gasteiger partial charge < -0.3 is 9.80 Å². The van der Waals surface area contributed by atoms with Gasteiger partial charge in [-0.1, -0.05) is 0 Å². The first-order valence-electron chi connectivity index (χ1n) is 7.17. The van der Waals surface area contributed by atoms with E-state index in [1.165, 1.54) is 19.1 Å². The molecule has 0 N–H and O–H groups in total. The maximum absolute atomic E-state index is 13.3. The molecule has 20 heavy (non-hydrogen) atoms. The van der Waals surface area contributed by atoms with Crippen molar-refractivity contribution in [1.29, 1.82) is 0 Å². The molecule has 1 aromatic rings. The summed E-state index contributed by atoms with van der Waals surface area (Å²) in [6.45, 7) is 4.47. The molecule has 1 aliphatic heterocycles. The van der Waals surface area contributed by atoms with Crippen molar-refractivity contribution in [2.24, 2.45) is 5.92 Å². The molecule has 1 aliphatic rings. The van der Waals surface area contributed by atoms with E-state index in [4.69, 9.17) is 0 Å². The van der Waals surface area contributed by atoms with E-state index in [2.05, 4.69) is 23.9 Å². The zero-order valence-electron chi connectivity index (χ0n) is 12.5. The van der Waals surface area contributed by atoms with Crippen molar-refractivity contribution in [3.8, 4) is 0 Å². The Morgan fingerprint density at radius 2 is 2.00 bits per heavy atom. The van der Waals surface area contributed by atoms with Crippen LogP contribution in [-0.4, -0.2) is 44.4 Å². The zero-order chi connectivity index (χ0) is 14.7. The van der Waals surface area contributed by atoms with Gasteiger partial charge in [0.05, 0.1) is 0 Å². The first-order chi connectivity index (χ1) is 9.47. The quantitative estimate of drug-likeness (QED) is 0.791. The van der Waals surface area contributed by atoms with E-state index in [0.29, 0.717) is 11.5 Å². The van der Waals surface area contributed by atoms with Crippen LogP contribution in [0.4, 0.5) is 10.1 Å². The number of carbonyl (C=O) groups excluding carboxylic acids is 1. The van der Waals surface area contributed by atoms with Gasteiger partial charge in [0, 0.05) is 30.9 Å². The second kappa shape index (κ2) is 6.35. The molecule has 1 heterocycles. The summed E-state index contributed by atoms with van der Waals surface area (Å²) in [6, 6.07) is 4.52. The van der Waals surface area contributed by atoms with Crippen molar-refractivity contribution < 1.29 is 9.18 Å². The lowest BCUT2D eigenvalue weighted by atomic mass is 9.95. The minimum absolute atomic E-state index is 0.0742. The molecule has 0 aromatic heterocycles. The van der Waals surface area contributed by atoms with Crippen LogP contribution >= 0.6 is 0 Å². The topological polar surface area (TPSA) is 23.6 Å². The summed E-state index contributed by atoms with van der Waals surface area (Å²) >= 11 is 0. The van der Waals surface area contributed by atoms with Crippen LogP contribution in [0.15, 0.2) is 18.2 Å². The standard InChI is InChI=1S/C16H23FN2O/c1-12(20)15-10-14(17)4-5-16(15)19-8-6-13(7-9-19)11-18(2)3/h4-5,10,13H,6-9,11H2,1-3H3. The van der Waals surface area contributed by atoms with E-state index in [-0.39, 0.29) is 11.6 Å². The number of carbonyl (C=O) groups is 1. The Bertz CT molecular complexity index is 479. The van der Waals surface area contributed by atoms with Gasteiger partial charge in [0.25, 0.3) is 0 Å². The third-order valence-electron chi connectivity index (χ3n) is 3.92. The highest BCUT2D eigenvalue weighted by atomic mass is 19.1. The van der Waals surface area contributed by atoms with Crippen LogP contribution in [0.25, 0.3) is 0 Å². The third-order valence-corrected chi connectivity index (χ3v) is 3.92. The van der Waals surface area contributed by atoms with Gasteiger partial charge in [-0.05, 0) is 58.0 Å². The summed E-state index contributed by atoms with van der Waals surface area (Å²) in [4.78, 5) is 16.1. The number of halogens is 1. The van der Waals surface area contributed by atoms with Crippen LogP contribution in [0, 0.1) is 11.7 Å². The normalized spacial score (nSPS) is 16.8. The minimum atomic E-state index is -0.346. The van der Waals surface area contributed by atoms with Crippen LogP contribution in [0.5, 0.6) is 0 Å². The summed E-state index contributed by atoms with van der Waals surface area (Å²) in [5.74, 6) is 0.291. The average molecular weight is 278 g/mol. The van der Waals surface area contributed by atoms with Gasteiger partial charge in [-0.25, -0.2) is 4.39 Å². The van der Waals surface area contributed by atoms with Crippen molar-refractivity contribution in [3.05, 3.63) is 29.6 Å². The molecule has 0 atom stereocenters. The van der Waals surface area contributed by atoms with Crippen molar-refractivity contribution >= 4 is 11.5 Å². The maximum Gasteiger partial charge on any atom is 0.161 e. The number of benzene rings is 1. The number of anilines is 1. The Morgan fingerprint density at radius 1 is 1.35 bits per heavy atom. The fraction of sp³-hybridized carbons (Fsp3) is 0.562. The van der Waals surface area contributed by atoms with Crippen molar-refractivity contribution in [2.75, 3.05) is 38.6 Å². The predicted molar refractivity (Wildman–Crippen MR) is 79.9 cm³/mol. The molecule has 0 saturated carbocycles. The molecule has 0 amide bonds. The van der Waals surface area contributed by atoms with Crippen molar-refractivity contribution in [3.63, 3.8) is 0 Å². The van der Waals surface area contributed by atoms with Crippen LogP contribution in [0.2, 0.25) is 0 Å². The number of Topliss-reactive ketones (excluding diaryl/α,β-unsaturated/α-hetero) is 1. The number of piperidine rings is 1. The smallest absolute Gasteiger partial charge is 0.161 e. The van der Waals surface area contributed by atoms with Crippen molar-refractivity contribution in [2.45, 2.75) is 19.8 Å². The fourth-order valence-corrected chi connectivity index (χ4v) is 2.94. The van der Waals surface area contributed by atoms with E-state index in [9.17, 15) is 9.18 Å². The Balaban J connectivity index is 2.09. The number of hydrogen-bond acceptors (Lipinski definition) is 3. The minimum Gasteiger partial charge on any atom is -0.371 e. The van der Waals surface area contributed by atoms with Gasteiger partial charge >= 0.3 is 0 Å². The molecule has 2 rings (SSSR count). The predicted octanol–water partition coefficient (Wildman–Crippen LogP) is 2.81. The van der Waals surface area contributed by atoms with Crippen LogP contribution in [0.1, 0.15) is 30.1 Å². The highest BCUT2D eigenvalue weighted by Crippen LogP contribution is 2.27. The van der Waals surface area contributed by atoms with Gasteiger partial charge in [-0.2, -0.15) is 0 Å². The first kappa shape index (κ1) is 15.0. The van der Waals surface area contributed by atoms with E-state index in [1.807, 2.05) is 0 Å². The van der Waals surface area contributed by atoms with E-state index in [1.54, 1.807) is 6.07 Å². The fourth-order valence-electron chi connectivity index (χ4n) is 2.94. The number of ketones is 1. The van der Waals surface area contributed by atoms with Gasteiger partial charge in [0.1, 0.15) is 5.82 Å². The molecule has 0 aliphatic carbocycles. The molecule has 0 unspecified atom stereocenters. The Hall–Kier alpha value is -1.42. The molecule has 1 fully saturated rings. The van der Waals surface area contributed by atoms with E-state index < -0.39 is 0 Å². The number of rotatable bonds is 4. The molecule has 1 saturated heterocycles. The van der Waals surface area contributed by atoms with Crippen LogP contribution in [0.3, 0.4) is 0 Å². The molecule has 3 nitrogen and oxygen atoms in total. The Kier molecular flexibility index (Phi) is 4.76.